The van der Waals surface area contributed by atoms with Crippen molar-refractivity contribution in [2.75, 3.05) is 0 Å². The van der Waals surface area contributed by atoms with Crippen LogP contribution in [0.5, 0.6) is 0 Å². The standard InChI is InChI=1S/C40H49N2.C25H26N3.2C21H24N3.C17H22N3/c1-25(2)30-21-33(26(3)4)39(34(22-30)27(5)6)31-23-35(40(9,10)11)28(7)38(24-31)42-29(8)41(32-17-13-12-14-18-32)36-19-15-16-20-37(36)42;1-17-18(25(2,3)4)11-10-16-19(17)27-22-14-8-9-15-23(22)28-21-13-7-6-12-20(21)26(5)24(27)28;1-15-16(21(2,3)4)9-8-12-17(15)23-13-14-24-19-11-7-6-10-18(19)22(5)20(23)24;1-15-16(21(2,3)4)9-8-12-17(15)24-19-11-7-6-10-18(19)23-14-13-22(5)20(23)24;1-13-14(17(2,3)4)7-6-8-15(13)20-12-11-19-10-9-18(5)16(19)20/h12-27H,1-11H3;6-16H,1-5H3;2*6-14H,1-5H3;6-12H,1-5H3/q5*+1. The minimum Gasteiger partial charge on any atom is -0.237 e. The lowest BCUT2D eigenvalue weighted by Gasteiger charge is -2.27. The summed E-state index contributed by atoms with van der Waals surface area (Å²) in [5, 5.41) is 0. The topological polar surface area (TPSA) is 61.7 Å². The summed E-state index contributed by atoms with van der Waals surface area (Å²) in [4.78, 5) is 0. The number of hydrogen-bond donors (Lipinski definition) is 0. The number of benzene rings is 12. The monoisotopic (exact) mass is 1830 g/mol. The highest BCUT2D eigenvalue weighted by Crippen LogP contribution is 2.45. The van der Waals surface area contributed by atoms with Gasteiger partial charge in [0.15, 0.2) is 11.0 Å². The molecule has 12 aromatic carbocycles. The van der Waals surface area contributed by atoms with Gasteiger partial charge < -0.3 is 0 Å². The number of aromatic nitrogens is 14. The Labute approximate surface area is 817 Å². The summed E-state index contributed by atoms with van der Waals surface area (Å²) >= 11 is 0. The van der Waals surface area contributed by atoms with Gasteiger partial charge in [0.2, 0.25) is 0 Å². The van der Waals surface area contributed by atoms with Crippen LogP contribution in [-0.2, 0) is 55.3 Å². The fourth-order valence-electron chi connectivity index (χ4n) is 21.9. The number of rotatable bonds is 10. The third kappa shape index (κ3) is 17.2. The number of para-hydroxylation sites is 11. The van der Waals surface area contributed by atoms with Crippen LogP contribution in [0.25, 0.3) is 124 Å². The van der Waals surface area contributed by atoms with Crippen LogP contribution in [0.3, 0.4) is 0 Å². The van der Waals surface area contributed by atoms with Gasteiger partial charge in [0.1, 0.15) is 115 Å². The zero-order chi connectivity index (χ0) is 98.7. The molecular weight excluding hydrogens is 1690 g/mol. The number of aryl methyl sites for hydroxylation is 4. The normalized spacial score (nSPS) is 12.4. The molecule has 0 saturated carbocycles. The molecule has 14 heteroatoms. The highest BCUT2D eigenvalue weighted by atomic mass is 15.3. The zero-order valence-corrected chi connectivity index (χ0v) is 87.8. The first-order chi connectivity index (χ1) is 65.4. The Kier molecular flexibility index (Phi) is 25.4. The van der Waals surface area contributed by atoms with Crippen LogP contribution in [0, 0.1) is 41.5 Å². The summed E-state index contributed by atoms with van der Waals surface area (Å²) in [5.74, 6) is 7.23. The number of hydrogen-bond acceptors (Lipinski definition) is 0. The van der Waals surface area contributed by atoms with Gasteiger partial charge in [0.25, 0.3) is 5.82 Å². The Morgan fingerprint density at radius 2 is 0.674 bits per heavy atom. The molecule has 0 spiro atoms. The van der Waals surface area contributed by atoms with Crippen molar-refractivity contribution in [3.63, 3.8) is 0 Å². The van der Waals surface area contributed by atoms with Crippen LogP contribution < -0.4 is 22.8 Å². The van der Waals surface area contributed by atoms with Crippen LogP contribution >= 0.6 is 0 Å². The minimum atomic E-state index is -0.00499. The van der Waals surface area contributed by atoms with Gasteiger partial charge in [-0.05, 0) is 260 Å². The van der Waals surface area contributed by atoms with Gasteiger partial charge in [0, 0.05) is 12.5 Å². The minimum absolute atomic E-state index is 0.00499. The molecule has 9 heterocycles. The summed E-state index contributed by atoms with van der Waals surface area (Å²) in [6.07, 6.45) is 16.9. The highest BCUT2D eigenvalue weighted by molar-refractivity contribution is 5.90. The van der Waals surface area contributed by atoms with Gasteiger partial charge in [-0.25, -0.2) is 31.8 Å². The second kappa shape index (κ2) is 36.6. The summed E-state index contributed by atoms with van der Waals surface area (Å²) in [5.41, 5.74) is 41.1. The Morgan fingerprint density at radius 3 is 1.18 bits per heavy atom. The van der Waals surface area contributed by atoms with Crippen molar-refractivity contribution in [3.8, 4) is 45.3 Å². The molecule has 0 aliphatic rings. The van der Waals surface area contributed by atoms with E-state index in [1.54, 1.807) is 0 Å². The van der Waals surface area contributed by atoms with Gasteiger partial charge in [-0.3, -0.25) is 0 Å². The van der Waals surface area contributed by atoms with E-state index in [2.05, 4.69) is 577 Å². The number of nitrogens with zero attached hydrogens (tertiary/aromatic N) is 14. The Balaban J connectivity index is 0.000000122. The van der Waals surface area contributed by atoms with E-state index in [0.29, 0.717) is 17.8 Å². The highest BCUT2D eigenvalue weighted by Gasteiger charge is 2.36. The van der Waals surface area contributed by atoms with Gasteiger partial charge >= 0.3 is 23.1 Å². The fourth-order valence-corrected chi connectivity index (χ4v) is 21.9. The lowest BCUT2D eigenvalue weighted by molar-refractivity contribution is -0.647. The molecule has 0 aliphatic heterocycles. The molecule has 0 radical (unpaired) electrons. The van der Waals surface area contributed by atoms with Crippen LogP contribution in [0.4, 0.5) is 0 Å². The van der Waals surface area contributed by atoms with Crippen LogP contribution in [-0.4, -0.2) is 40.4 Å². The van der Waals surface area contributed by atoms with E-state index < -0.39 is 0 Å². The molecule has 706 valence electrons. The number of fused-ring (bicyclic) bond motifs is 13. The molecule has 0 amide bonds. The molecule has 0 N–H and O–H groups in total. The molecule has 0 atom stereocenters. The molecule has 0 saturated heterocycles. The zero-order valence-electron chi connectivity index (χ0n) is 87.8. The van der Waals surface area contributed by atoms with E-state index in [0.717, 1.165) is 0 Å². The van der Waals surface area contributed by atoms with Crippen molar-refractivity contribution in [2.45, 2.75) is 232 Å². The average molecular weight is 1830 g/mol. The lowest BCUT2D eigenvalue weighted by Crippen LogP contribution is -2.35. The fraction of sp³-hybridized carbons (Fsp3) is 0.315. The summed E-state index contributed by atoms with van der Waals surface area (Å²) in [6.45, 7) is 61.9. The quantitative estimate of drug-likeness (QED) is 0.123. The van der Waals surface area contributed by atoms with Crippen molar-refractivity contribution < 1.29 is 22.8 Å². The molecule has 0 aliphatic carbocycles. The van der Waals surface area contributed by atoms with E-state index >= 15 is 0 Å². The van der Waals surface area contributed by atoms with Crippen molar-refractivity contribution >= 4 is 78.3 Å². The van der Waals surface area contributed by atoms with Crippen LogP contribution in [0.1, 0.15) is 241 Å². The molecule has 21 aromatic rings. The van der Waals surface area contributed by atoms with E-state index in [1.165, 1.54) is 202 Å². The maximum absolute atomic E-state index is 2.49. The van der Waals surface area contributed by atoms with Gasteiger partial charge in [-0.1, -0.05) is 291 Å². The molecule has 0 bridgehead atoms. The summed E-state index contributed by atoms with van der Waals surface area (Å²) in [6, 6.07) is 90.5. The maximum Gasteiger partial charge on any atom is 0.375 e. The first kappa shape index (κ1) is 95.9. The third-order valence-corrected chi connectivity index (χ3v) is 28.6. The van der Waals surface area contributed by atoms with E-state index in [4.69, 9.17) is 0 Å². The largest absolute Gasteiger partial charge is 0.375 e. The molecular formula is C124H145N14+5. The molecule has 138 heavy (non-hydrogen) atoms. The lowest BCUT2D eigenvalue weighted by atomic mass is 9.78. The maximum atomic E-state index is 2.49. The Hall–Kier alpha value is -13.9. The Bertz CT molecular complexity index is 8150. The van der Waals surface area contributed by atoms with E-state index in [9.17, 15) is 0 Å². The van der Waals surface area contributed by atoms with Crippen LogP contribution in [0.2, 0.25) is 0 Å². The van der Waals surface area contributed by atoms with Gasteiger partial charge in [-0.2, -0.15) is 31.5 Å². The van der Waals surface area contributed by atoms with Crippen molar-refractivity contribution in [2.24, 2.45) is 28.2 Å². The first-order valence-corrected chi connectivity index (χ1v) is 49.6. The smallest absolute Gasteiger partial charge is 0.237 e. The van der Waals surface area contributed by atoms with Crippen LogP contribution in [0.15, 0.2) is 298 Å². The summed E-state index contributed by atoms with van der Waals surface area (Å²) in [7, 11) is 8.48. The summed E-state index contributed by atoms with van der Waals surface area (Å²) < 4.78 is 32.2. The second-order valence-electron chi connectivity index (χ2n) is 44.4. The predicted molar refractivity (Wildman–Crippen MR) is 576 cm³/mol. The molecule has 9 aromatic heterocycles. The number of imidazole rings is 9. The van der Waals surface area contributed by atoms with Crippen molar-refractivity contribution in [3.05, 3.63) is 376 Å². The average Bonchev–Trinajstić information content (AvgIpc) is 1.56. The van der Waals surface area contributed by atoms with Gasteiger partial charge in [-0.15, -0.1) is 0 Å². The predicted octanol–water partition coefficient (Wildman–Crippen LogP) is 28.1. The first-order valence-electron chi connectivity index (χ1n) is 49.6. The van der Waals surface area contributed by atoms with Crippen molar-refractivity contribution in [1.29, 1.82) is 0 Å². The van der Waals surface area contributed by atoms with Crippen molar-refractivity contribution in [1.82, 2.24) is 40.4 Å². The third-order valence-electron chi connectivity index (χ3n) is 28.6. The molecule has 21 rings (SSSR count). The molecule has 14 nitrogen and oxygen atoms in total. The molecule has 0 unspecified atom stereocenters. The van der Waals surface area contributed by atoms with Gasteiger partial charge in [0.05, 0.1) is 40.6 Å². The SMILES string of the molecule is Cc1c(-[n+]2c(C)n(-c3ccccc3)c3ccccc32)cc(-c2c(C(C)C)cc(C(C)C)cc2C(C)C)cc1C(C)(C)C.Cc1c(-n2c3ccccc3n3c4ccccc4[n+](C)c23)cccc1C(C)(C)C.Cc1c(-n2c3ccccc3n3cc[n+](C)c23)cccc1C(C)(C)C.Cc1c(-n2ccn3c4ccccc4[n+](C)c23)cccc1C(C)(C)C.Cc1c(-n2ccn3cc[n+](C)c23)cccc1C(C)(C)C. The second-order valence-corrected chi connectivity index (χ2v) is 44.4. The molecule has 0 fully saturated rings. The Morgan fingerprint density at radius 1 is 0.283 bits per heavy atom. The van der Waals surface area contributed by atoms with E-state index in [-0.39, 0.29) is 27.1 Å². The van der Waals surface area contributed by atoms with E-state index in [1.807, 2.05) is 0 Å².